The Morgan fingerprint density at radius 1 is 0.963 bits per heavy atom. The molecule has 0 aliphatic heterocycles. The molecule has 0 aliphatic carbocycles. The third-order valence-corrected chi connectivity index (χ3v) is 3.99. The Hall–Kier alpha value is -3.67. The predicted molar refractivity (Wildman–Crippen MR) is 105 cm³/mol. The van der Waals surface area contributed by atoms with Gasteiger partial charge in [0.25, 0.3) is 0 Å². The fraction of sp³-hybridized carbons (Fsp3) is 0.0952. The summed E-state index contributed by atoms with van der Waals surface area (Å²) in [5, 5.41) is 8.34. The molecule has 0 saturated carbocycles. The van der Waals surface area contributed by atoms with E-state index in [1.54, 1.807) is 0 Å². The van der Waals surface area contributed by atoms with Crippen LogP contribution in [0.25, 0.3) is 10.8 Å². The largest absolute Gasteiger partial charge is 0.488 e. The number of ether oxygens (including phenoxy) is 1. The van der Waals surface area contributed by atoms with Crippen molar-refractivity contribution in [1.29, 1.82) is 0 Å². The second-order valence-electron chi connectivity index (χ2n) is 5.74. The van der Waals surface area contributed by atoms with E-state index in [0.29, 0.717) is 17.9 Å². The smallest absolute Gasteiger partial charge is 0.329 e. The monoisotopic (exact) mass is 361 g/mol. The molecule has 6 heteroatoms. The van der Waals surface area contributed by atoms with Crippen LogP contribution in [-0.2, 0) is 16.2 Å². The molecule has 0 fully saturated rings. The van der Waals surface area contributed by atoms with Crippen molar-refractivity contribution in [2.75, 3.05) is 7.05 Å². The molecule has 0 atom stereocenters. The third kappa shape index (κ3) is 4.49. The maximum Gasteiger partial charge on any atom is 0.329 e. The van der Waals surface area contributed by atoms with Crippen LogP contribution in [0.1, 0.15) is 11.1 Å². The zero-order valence-corrected chi connectivity index (χ0v) is 14.8. The molecular formula is C21H19N3O3. The normalized spacial score (nSPS) is 10.7. The van der Waals surface area contributed by atoms with Crippen LogP contribution in [0.3, 0.4) is 0 Å². The van der Waals surface area contributed by atoms with E-state index in [1.807, 2.05) is 48.5 Å². The van der Waals surface area contributed by atoms with Gasteiger partial charge in [-0.1, -0.05) is 54.6 Å². The molecule has 0 heterocycles. The lowest BCUT2D eigenvalue weighted by atomic mass is 10.1. The summed E-state index contributed by atoms with van der Waals surface area (Å²) < 4.78 is 5.97. The molecule has 3 aromatic rings. The van der Waals surface area contributed by atoms with Crippen LogP contribution in [-0.4, -0.2) is 25.1 Å². The number of hydrogen-bond acceptors (Lipinski definition) is 4. The maximum absolute atomic E-state index is 11.4. The van der Waals surface area contributed by atoms with Crippen molar-refractivity contribution in [2.24, 2.45) is 5.10 Å². The summed E-state index contributed by atoms with van der Waals surface area (Å²) in [6, 6.07) is 21.6. The van der Waals surface area contributed by atoms with Gasteiger partial charge in [-0.2, -0.15) is 5.10 Å². The van der Waals surface area contributed by atoms with Gasteiger partial charge in [-0.05, 0) is 28.5 Å². The van der Waals surface area contributed by atoms with Gasteiger partial charge in [0.1, 0.15) is 12.4 Å². The van der Waals surface area contributed by atoms with Crippen molar-refractivity contribution >= 4 is 28.8 Å². The van der Waals surface area contributed by atoms with Crippen LogP contribution in [0.5, 0.6) is 5.75 Å². The van der Waals surface area contributed by atoms with E-state index in [2.05, 4.69) is 34.0 Å². The third-order valence-electron chi connectivity index (χ3n) is 3.99. The predicted octanol–water partition coefficient (Wildman–Crippen LogP) is 2.61. The standard InChI is InChI=1S/C21H19N3O3/c1-22-20(25)21(26)24-23-13-16-8-3-5-12-19(16)27-14-17-10-6-9-15-7-2-4-11-18(15)17/h2-13H,14H2,1H3,(H,22,25)(H,24,26)/b23-13-. The number of carbonyl (C=O) groups excluding carboxylic acids is 2. The summed E-state index contributed by atoms with van der Waals surface area (Å²) >= 11 is 0. The first kappa shape index (κ1) is 18.1. The molecule has 2 amide bonds. The molecule has 0 saturated heterocycles. The zero-order valence-electron chi connectivity index (χ0n) is 14.8. The topological polar surface area (TPSA) is 79.8 Å². The molecule has 3 rings (SSSR count). The first-order chi connectivity index (χ1) is 13.2. The van der Waals surface area contributed by atoms with E-state index >= 15 is 0 Å². The highest BCUT2D eigenvalue weighted by Crippen LogP contribution is 2.22. The van der Waals surface area contributed by atoms with Crippen LogP contribution in [0.2, 0.25) is 0 Å². The summed E-state index contributed by atoms with van der Waals surface area (Å²) in [4.78, 5) is 22.6. The van der Waals surface area contributed by atoms with Crippen molar-refractivity contribution < 1.29 is 14.3 Å². The van der Waals surface area contributed by atoms with Crippen molar-refractivity contribution in [3.05, 3.63) is 77.9 Å². The highest BCUT2D eigenvalue weighted by molar-refractivity contribution is 6.35. The second-order valence-corrected chi connectivity index (χ2v) is 5.74. The Balaban J connectivity index is 1.72. The number of hydrazone groups is 1. The summed E-state index contributed by atoms with van der Waals surface area (Å²) in [5.74, 6) is -0.959. The quantitative estimate of drug-likeness (QED) is 0.416. The number of rotatable bonds is 5. The lowest BCUT2D eigenvalue weighted by Crippen LogP contribution is -2.35. The minimum atomic E-state index is -0.831. The second kappa shape index (κ2) is 8.62. The summed E-state index contributed by atoms with van der Waals surface area (Å²) in [7, 11) is 1.38. The van der Waals surface area contributed by atoms with E-state index in [0.717, 1.165) is 16.3 Å². The number of nitrogens with one attached hydrogen (secondary N) is 2. The van der Waals surface area contributed by atoms with Crippen molar-refractivity contribution in [3.8, 4) is 5.75 Å². The van der Waals surface area contributed by atoms with E-state index in [4.69, 9.17) is 4.74 Å². The molecule has 2 N–H and O–H groups in total. The average Bonchev–Trinajstić information content (AvgIpc) is 2.72. The number of hydrogen-bond donors (Lipinski definition) is 2. The first-order valence-electron chi connectivity index (χ1n) is 8.42. The Morgan fingerprint density at radius 3 is 2.56 bits per heavy atom. The van der Waals surface area contributed by atoms with Crippen LogP contribution >= 0.6 is 0 Å². The fourth-order valence-electron chi connectivity index (χ4n) is 2.62. The molecule has 0 bridgehead atoms. The van der Waals surface area contributed by atoms with Gasteiger partial charge in [0.15, 0.2) is 0 Å². The number of amides is 2. The minimum Gasteiger partial charge on any atom is -0.488 e. The van der Waals surface area contributed by atoms with Crippen LogP contribution < -0.4 is 15.5 Å². The van der Waals surface area contributed by atoms with Gasteiger partial charge in [0.05, 0.1) is 6.21 Å². The lowest BCUT2D eigenvalue weighted by molar-refractivity contribution is -0.138. The summed E-state index contributed by atoms with van der Waals surface area (Å²) in [5.41, 5.74) is 3.94. The molecule has 0 unspecified atom stereocenters. The van der Waals surface area contributed by atoms with Crippen molar-refractivity contribution in [2.45, 2.75) is 6.61 Å². The summed E-state index contributed by atoms with van der Waals surface area (Å²) in [6.45, 7) is 0.400. The molecular weight excluding hydrogens is 342 g/mol. The van der Waals surface area contributed by atoms with Gasteiger partial charge < -0.3 is 10.1 Å². The van der Waals surface area contributed by atoms with Gasteiger partial charge in [0.2, 0.25) is 0 Å². The zero-order chi connectivity index (χ0) is 19.1. The number of para-hydroxylation sites is 1. The molecule has 136 valence electrons. The Labute approximate surface area is 156 Å². The number of likely N-dealkylation sites (N-methyl/N-ethyl adjacent to an activating group) is 1. The SMILES string of the molecule is CNC(=O)C(=O)N/N=C\c1ccccc1OCc1cccc2ccccc12. The average molecular weight is 361 g/mol. The van der Waals surface area contributed by atoms with Gasteiger partial charge >= 0.3 is 11.8 Å². The van der Waals surface area contributed by atoms with Gasteiger partial charge in [0, 0.05) is 12.6 Å². The molecule has 3 aromatic carbocycles. The fourth-order valence-corrected chi connectivity index (χ4v) is 2.62. The molecule has 0 spiro atoms. The van der Waals surface area contributed by atoms with E-state index in [9.17, 15) is 9.59 Å². The number of fused-ring (bicyclic) bond motifs is 1. The maximum atomic E-state index is 11.4. The van der Waals surface area contributed by atoms with Crippen molar-refractivity contribution in [3.63, 3.8) is 0 Å². The Bertz CT molecular complexity index is 993. The minimum absolute atomic E-state index is 0.400. The van der Waals surface area contributed by atoms with Crippen LogP contribution in [0.4, 0.5) is 0 Å². The number of benzene rings is 3. The van der Waals surface area contributed by atoms with Crippen LogP contribution in [0.15, 0.2) is 71.8 Å². The van der Waals surface area contributed by atoms with Gasteiger partial charge in [-0.3, -0.25) is 9.59 Å². The molecule has 0 radical (unpaired) electrons. The Kier molecular flexibility index (Phi) is 5.79. The highest BCUT2D eigenvalue weighted by Gasteiger charge is 2.09. The van der Waals surface area contributed by atoms with E-state index < -0.39 is 11.8 Å². The Morgan fingerprint density at radius 2 is 1.70 bits per heavy atom. The lowest BCUT2D eigenvalue weighted by Gasteiger charge is -2.11. The highest BCUT2D eigenvalue weighted by atomic mass is 16.5. The van der Waals surface area contributed by atoms with Crippen LogP contribution in [0, 0.1) is 0 Å². The molecule has 0 aromatic heterocycles. The van der Waals surface area contributed by atoms with Gasteiger partial charge in [-0.25, -0.2) is 5.43 Å². The first-order valence-corrected chi connectivity index (χ1v) is 8.42. The van der Waals surface area contributed by atoms with Crippen molar-refractivity contribution in [1.82, 2.24) is 10.7 Å². The number of carbonyl (C=O) groups is 2. The molecule has 0 aliphatic rings. The molecule has 6 nitrogen and oxygen atoms in total. The van der Waals surface area contributed by atoms with E-state index in [-0.39, 0.29) is 0 Å². The van der Waals surface area contributed by atoms with E-state index in [1.165, 1.54) is 13.3 Å². The number of nitrogens with zero attached hydrogens (tertiary/aromatic N) is 1. The summed E-state index contributed by atoms with van der Waals surface area (Å²) in [6.07, 6.45) is 1.44. The molecule has 27 heavy (non-hydrogen) atoms. The van der Waals surface area contributed by atoms with Gasteiger partial charge in [-0.15, -0.1) is 0 Å².